The molecule has 6 N–H and O–H groups in total. The summed E-state index contributed by atoms with van der Waals surface area (Å²) in [6.07, 6.45) is 0. The van der Waals surface area contributed by atoms with Gasteiger partial charge in [-0.05, 0) is 41.3 Å². The molecule has 2 aromatic carbocycles. The lowest BCUT2D eigenvalue weighted by atomic mass is 10.0. The maximum atomic E-state index is 11.9. The second-order valence-electron chi connectivity index (χ2n) is 6.61. The maximum Gasteiger partial charge on any atom is 0.256 e. The number of aromatic amines is 1. The van der Waals surface area contributed by atoms with E-state index in [0.29, 0.717) is 24.1 Å². The van der Waals surface area contributed by atoms with Crippen LogP contribution < -0.4 is 16.4 Å². The number of phenolic OH excluding ortho intramolecular Hbond substituents is 1. The summed E-state index contributed by atoms with van der Waals surface area (Å²) in [4.78, 5) is 11.9. The molecule has 3 rings (SSSR count). The van der Waals surface area contributed by atoms with Gasteiger partial charge >= 0.3 is 0 Å². The van der Waals surface area contributed by atoms with E-state index in [1.54, 1.807) is 24.3 Å². The smallest absolute Gasteiger partial charge is 0.256 e. The Morgan fingerprint density at radius 3 is 2.41 bits per heavy atom. The first-order valence-electron chi connectivity index (χ1n) is 8.71. The Hall–Kier alpha value is -3.48. The van der Waals surface area contributed by atoms with Gasteiger partial charge in [0.25, 0.3) is 5.91 Å². The van der Waals surface area contributed by atoms with Crippen molar-refractivity contribution in [2.45, 2.75) is 26.3 Å². The zero-order chi connectivity index (χ0) is 19.4. The highest BCUT2D eigenvalue weighted by atomic mass is 16.3. The maximum absolute atomic E-state index is 11.9. The number of anilines is 3. The summed E-state index contributed by atoms with van der Waals surface area (Å²) in [5, 5.41) is 22.6. The van der Waals surface area contributed by atoms with Crippen LogP contribution in [0.1, 0.15) is 41.3 Å². The van der Waals surface area contributed by atoms with Crippen LogP contribution >= 0.6 is 0 Å². The van der Waals surface area contributed by atoms with Gasteiger partial charge in [-0.3, -0.25) is 9.89 Å². The fraction of sp³-hybridized carbons (Fsp3) is 0.200. The van der Waals surface area contributed by atoms with Crippen molar-refractivity contribution in [3.05, 3.63) is 65.2 Å². The minimum absolute atomic E-state index is 0.200. The molecule has 1 heterocycles. The largest absolute Gasteiger partial charge is 0.508 e. The van der Waals surface area contributed by atoms with Crippen LogP contribution in [0.25, 0.3) is 0 Å². The fourth-order valence-electron chi connectivity index (χ4n) is 2.70. The number of aromatic hydroxyl groups is 1. The fourth-order valence-corrected chi connectivity index (χ4v) is 2.70. The standard InChI is InChI=1S/C20H23N5O2/c1-12(2)14-5-7-15(8-6-14)23-20-17(18(21)27)19(24-25-20)22-11-13-3-9-16(26)10-4-13/h3-10,12,26H,11H2,1-2H3,(H2,21,27)(H3,22,23,24,25). The number of nitrogens with zero attached hydrogens (tertiary/aromatic N) is 1. The van der Waals surface area contributed by atoms with Crippen molar-refractivity contribution in [1.29, 1.82) is 0 Å². The zero-order valence-corrected chi connectivity index (χ0v) is 15.3. The molecular weight excluding hydrogens is 342 g/mol. The molecule has 3 aromatic rings. The molecule has 140 valence electrons. The third kappa shape index (κ3) is 4.38. The molecule has 1 amide bonds. The summed E-state index contributed by atoms with van der Waals surface area (Å²) in [5.41, 5.74) is 8.82. The van der Waals surface area contributed by atoms with Gasteiger partial charge in [-0.2, -0.15) is 5.10 Å². The Bertz CT molecular complexity index is 915. The zero-order valence-electron chi connectivity index (χ0n) is 15.3. The Morgan fingerprint density at radius 1 is 1.15 bits per heavy atom. The van der Waals surface area contributed by atoms with Crippen LogP contribution in [-0.2, 0) is 6.54 Å². The lowest BCUT2D eigenvalue weighted by molar-refractivity contribution is 0.100. The summed E-state index contributed by atoms with van der Waals surface area (Å²) in [7, 11) is 0. The second kappa shape index (κ2) is 7.82. The van der Waals surface area contributed by atoms with Gasteiger partial charge in [0.1, 0.15) is 17.1 Å². The van der Waals surface area contributed by atoms with Crippen LogP contribution in [0.3, 0.4) is 0 Å². The van der Waals surface area contributed by atoms with Crippen molar-refractivity contribution in [1.82, 2.24) is 10.2 Å². The van der Waals surface area contributed by atoms with Crippen molar-refractivity contribution in [2.24, 2.45) is 5.73 Å². The highest BCUT2D eigenvalue weighted by Crippen LogP contribution is 2.26. The van der Waals surface area contributed by atoms with Gasteiger partial charge in [-0.1, -0.05) is 38.1 Å². The van der Waals surface area contributed by atoms with E-state index in [1.165, 1.54) is 5.56 Å². The van der Waals surface area contributed by atoms with Crippen molar-refractivity contribution in [3.63, 3.8) is 0 Å². The minimum Gasteiger partial charge on any atom is -0.508 e. The number of rotatable bonds is 7. The number of carbonyl (C=O) groups excluding carboxylic acids is 1. The van der Waals surface area contributed by atoms with Crippen LogP contribution in [0.4, 0.5) is 17.3 Å². The van der Waals surface area contributed by atoms with Crippen LogP contribution in [0.15, 0.2) is 48.5 Å². The number of primary amides is 1. The molecule has 0 atom stereocenters. The van der Waals surface area contributed by atoms with Crippen molar-refractivity contribution in [3.8, 4) is 5.75 Å². The van der Waals surface area contributed by atoms with Crippen LogP contribution in [0.5, 0.6) is 5.75 Å². The Labute approximate surface area is 157 Å². The number of hydrogen-bond donors (Lipinski definition) is 5. The molecule has 27 heavy (non-hydrogen) atoms. The van der Waals surface area contributed by atoms with Gasteiger partial charge < -0.3 is 21.5 Å². The highest BCUT2D eigenvalue weighted by Gasteiger charge is 2.18. The van der Waals surface area contributed by atoms with E-state index in [0.717, 1.165) is 11.3 Å². The molecule has 0 spiro atoms. The number of amides is 1. The molecule has 0 aliphatic carbocycles. The van der Waals surface area contributed by atoms with E-state index >= 15 is 0 Å². The molecule has 0 saturated heterocycles. The van der Waals surface area contributed by atoms with Gasteiger partial charge in [0.15, 0.2) is 5.82 Å². The lowest BCUT2D eigenvalue weighted by Crippen LogP contribution is -2.15. The van der Waals surface area contributed by atoms with Crippen molar-refractivity contribution in [2.75, 3.05) is 10.6 Å². The number of benzene rings is 2. The predicted octanol–water partition coefficient (Wildman–Crippen LogP) is 3.69. The summed E-state index contributed by atoms with van der Waals surface area (Å²) in [6.45, 7) is 4.71. The van der Waals surface area contributed by atoms with Gasteiger partial charge in [0, 0.05) is 12.2 Å². The Morgan fingerprint density at radius 2 is 1.81 bits per heavy atom. The molecule has 7 nitrogen and oxygen atoms in total. The van der Waals surface area contributed by atoms with Crippen molar-refractivity contribution < 1.29 is 9.90 Å². The molecule has 0 saturated carbocycles. The molecule has 0 aliphatic rings. The molecule has 0 fully saturated rings. The number of carbonyl (C=O) groups is 1. The average molecular weight is 365 g/mol. The summed E-state index contributed by atoms with van der Waals surface area (Å²) < 4.78 is 0. The van der Waals surface area contributed by atoms with E-state index < -0.39 is 5.91 Å². The Kier molecular flexibility index (Phi) is 5.30. The summed E-state index contributed by atoms with van der Waals surface area (Å²) in [5.74, 6) is 0.873. The molecule has 7 heteroatoms. The number of H-pyrrole nitrogens is 1. The molecule has 0 bridgehead atoms. The molecule has 0 aliphatic heterocycles. The molecule has 0 radical (unpaired) electrons. The normalized spacial score (nSPS) is 10.8. The SMILES string of the molecule is CC(C)c1ccc(Nc2[nH]nc(NCc3ccc(O)cc3)c2C(N)=O)cc1. The highest BCUT2D eigenvalue weighted by molar-refractivity contribution is 6.03. The van der Waals surface area contributed by atoms with E-state index in [4.69, 9.17) is 5.73 Å². The minimum atomic E-state index is -0.585. The first kappa shape index (κ1) is 18.3. The first-order valence-corrected chi connectivity index (χ1v) is 8.71. The van der Waals surface area contributed by atoms with E-state index in [1.807, 2.05) is 24.3 Å². The lowest BCUT2D eigenvalue weighted by Gasteiger charge is -2.09. The molecule has 0 unspecified atom stereocenters. The summed E-state index contributed by atoms with van der Waals surface area (Å²) in [6, 6.07) is 14.8. The average Bonchev–Trinajstić information content (AvgIpc) is 3.04. The third-order valence-electron chi connectivity index (χ3n) is 4.26. The van der Waals surface area contributed by atoms with E-state index in [2.05, 4.69) is 34.7 Å². The topological polar surface area (TPSA) is 116 Å². The van der Waals surface area contributed by atoms with Crippen LogP contribution in [0, 0.1) is 0 Å². The molecular formula is C20H23N5O2. The quantitative estimate of drug-likeness (QED) is 0.438. The van der Waals surface area contributed by atoms with E-state index in [-0.39, 0.29) is 11.3 Å². The first-order chi connectivity index (χ1) is 12.9. The third-order valence-corrected chi connectivity index (χ3v) is 4.26. The number of nitrogens with one attached hydrogen (secondary N) is 3. The van der Waals surface area contributed by atoms with E-state index in [9.17, 15) is 9.90 Å². The Balaban J connectivity index is 1.76. The summed E-state index contributed by atoms with van der Waals surface area (Å²) >= 11 is 0. The van der Waals surface area contributed by atoms with Gasteiger partial charge in [-0.15, -0.1) is 0 Å². The van der Waals surface area contributed by atoms with Crippen LogP contribution in [0.2, 0.25) is 0 Å². The number of hydrogen-bond acceptors (Lipinski definition) is 5. The number of aromatic nitrogens is 2. The second-order valence-corrected chi connectivity index (χ2v) is 6.61. The van der Waals surface area contributed by atoms with Gasteiger partial charge in [0.05, 0.1) is 0 Å². The molecule has 1 aromatic heterocycles. The monoisotopic (exact) mass is 365 g/mol. The number of phenols is 1. The van der Waals surface area contributed by atoms with Crippen molar-refractivity contribution >= 4 is 23.2 Å². The van der Waals surface area contributed by atoms with Crippen LogP contribution in [-0.4, -0.2) is 21.2 Å². The number of nitrogens with two attached hydrogens (primary N) is 1. The predicted molar refractivity (Wildman–Crippen MR) is 106 cm³/mol. The van der Waals surface area contributed by atoms with Gasteiger partial charge in [-0.25, -0.2) is 0 Å². The van der Waals surface area contributed by atoms with Gasteiger partial charge in [0.2, 0.25) is 0 Å².